The van der Waals surface area contributed by atoms with E-state index in [0.717, 1.165) is 11.3 Å². The molecule has 4 nitrogen and oxygen atoms in total. The van der Waals surface area contributed by atoms with Crippen LogP contribution in [-0.2, 0) is 4.79 Å². The Labute approximate surface area is 103 Å². The zero-order chi connectivity index (χ0) is 13.1. The van der Waals surface area contributed by atoms with Gasteiger partial charge in [-0.15, -0.1) is 0 Å². The molecule has 0 aliphatic carbocycles. The molecule has 4 N–H and O–H groups in total. The molecule has 0 aliphatic rings. The average molecular weight is 235 g/mol. The van der Waals surface area contributed by atoms with Crippen LogP contribution in [0.2, 0.25) is 0 Å². The highest BCUT2D eigenvalue weighted by Gasteiger charge is 2.13. The van der Waals surface area contributed by atoms with Crippen molar-refractivity contribution in [2.75, 3.05) is 17.6 Å². The summed E-state index contributed by atoms with van der Waals surface area (Å²) in [6, 6.07) is 5.70. The number of carbonyl (C=O) groups is 1. The van der Waals surface area contributed by atoms with Crippen molar-refractivity contribution < 1.29 is 4.79 Å². The van der Waals surface area contributed by atoms with Crippen LogP contribution in [0.4, 0.5) is 11.4 Å². The van der Waals surface area contributed by atoms with Crippen molar-refractivity contribution in [3.8, 4) is 0 Å². The molecule has 1 rings (SSSR count). The van der Waals surface area contributed by atoms with Gasteiger partial charge in [-0.25, -0.2) is 0 Å². The quantitative estimate of drug-likeness (QED) is 0.701. The van der Waals surface area contributed by atoms with Gasteiger partial charge in [0, 0.05) is 5.54 Å². The van der Waals surface area contributed by atoms with Crippen molar-refractivity contribution >= 4 is 17.3 Å². The fourth-order valence-electron chi connectivity index (χ4n) is 1.46. The zero-order valence-corrected chi connectivity index (χ0v) is 10.9. The number of amides is 1. The van der Waals surface area contributed by atoms with E-state index >= 15 is 0 Å². The normalized spacial score (nSPS) is 11.1. The van der Waals surface area contributed by atoms with E-state index in [-0.39, 0.29) is 18.0 Å². The van der Waals surface area contributed by atoms with Gasteiger partial charge in [-0.05, 0) is 45.4 Å². The van der Waals surface area contributed by atoms with E-state index in [1.54, 1.807) is 0 Å². The van der Waals surface area contributed by atoms with Crippen LogP contribution in [0, 0.1) is 6.92 Å². The van der Waals surface area contributed by atoms with Crippen molar-refractivity contribution in [3.05, 3.63) is 23.8 Å². The average Bonchev–Trinajstić information content (AvgIpc) is 2.17. The number of nitrogens with two attached hydrogens (primary N) is 1. The Morgan fingerprint density at radius 2 is 2.00 bits per heavy atom. The van der Waals surface area contributed by atoms with Crippen LogP contribution < -0.4 is 16.4 Å². The summed E-state index contributed by atoms with van der Waals surface area (Å²) < 4.78 is 0. The molecular formula is C13H21N3O. The Morgan fingerprint density at radius 3 is 2.59 bits per heavy atom. The minimum Gasteiger partial charge on any atom is -0.397 e. The fraction of sp³-hybridized carbons (Fsp3) is 0.462. The summed E-state index contributed by atoms with van der Waals surface area (Å²) in [5, 5.41) is 5.92. The lowest BCUT2D eigenvalue weighted by Gasteiger charge is -2.21. The number of nitrogens with one attached hydrogen (secondary N) is 2. The molecule has 94 valence electrons. The third-order valence-electron chi connectivity index (χ3n) is 2.16. The van der Waals surface area contributed by atoms with Gasteiger partial charge in [0.25, 0.3) is 0 Å². The van der Waals surface area contributed by atoms with Crippen LogP contribution in [-0.4, -0.2) is 18.0 Å². The highest BCUT2D eigenvalue weighted by molar-refractivity contribution is 5.82. The lowest BCUT2D eigenvalue weighted by Crippen LogP contribution is -2.43. The predicted octanol–water partition coefficient (Wildman–Crippen LogP) is 1.90. The molecule has 0 radical (unpaired) electrons. The van der Waals surface area contributed by atoms with Crippen molar-refractivity contribution in [1.29, 1.82) is 0 Å². The maximum atomic E-state index is 11.6. The fourth-order valence-corrected chi connectivity index (χ4v) is 1.46. The molecule has 1 aromatic rings. The maximum absolute atomic E-state index is 11.6. The second-order valence-corrected chi connectivity index (χ2v) is 5.24. The van der Waals surface area contributed by atoms with Gasteiger partial charge in [0.1, 0.15) is 0 Å². The first-order valence-corrected chi connectivity index (χ1v) is 5.69. The Hall–Kier alpha value is -1.71. The van der Waals surface area contributed by atoms with Crippen molar-refractivity contribution in [3.63, 3.8) is 0 Å². The first-order valence-electron chi connectivity index (χ1n) is 5.69. The molecule has 17 heavy (non-hydrogen) atoms. The van der Waals surface area contributed by atoms with Gasteiger partial charge in [-0.3, -0.25) is 4.79 Å². The molecular weight excluding hydrogens is 214 g/mol. The molecule has 0 unspecified atom stereocenters. The molecule has 0 spiro atoms. The van der Waals surface area contributed by atoms with E-state index in [2.05, 4.69) is 10.6 Å². The van der Waals surface area contributed by atoms with Gasteiger partial charge in [-0.1, -0.05) is 6.07 Å². The first kappa shape index (κ1) is 13.4. The zero-order valence-electron chi connectivity index (χ0n) is 10.9. The minimum atomic E-state index is -0.211. The number of nitrogen functional groups attached to an aromatic ring is 1. The third-order valence-corrected chi connectivity index (χ3v) is 2.16. The largest absolute Gasteiger partial charge is 0.397 e. The van der Waals surface area contributed by atoms with Crippen LogP contribution in [0.3, 0.4) is 0 Å². The van der Waals surface area contributed by atoms with Crippen LogP contribution in [0.25, 0.3) is 0 Å². The Kier molecular flexibility index (Phi) is 3.99. The maximum Gasteiger partial charge on any atom is 0.239 e. The van der Waals surface area contributed by atoms with Gasteiger partial charge in [0.05, 0.1) is 17.9 Å². The monoisotopic (exact) mass is 235 g/mol. The van der Waals surface area contributed by atoms with E-state index in [1.165, 1.54) is 0 Å². The number of hydrogen-bond acceptors (Lipinski definition) is 3. The summed E-state index contributed by atoms with van der Waals surface area (Å²) >= 11 is 0. The van der Waals surface area contributed by atoms with Gasteiger partial charge in [0.15, 0.2) is 0 Å². The number of carbonyl (C=O) groups excluding carboxylic acids is 1. The standard InChI is InChI=1S/C13H21N3O/c1-9-5-6-10(14)11(7-9)15-8-12(17)16-13(2,3)4/h5-7,15H,8,14H2,1-4H3,(H,16,17). The van der Waals surface area contributed by atoms with E-state index in [0.29, 0.717) is 5.69 Å². The van der Waals surface area contributed by atoms with Crippen LogP contribution >= 0.6 is 0 Å². The summed E-state index contributed by atoms with van der Waals surface area (Å²) in [6.45, 7) is 8.06. The topological polar surface area (TPSA) is 67.1 Å². The Balaban J connectivity index is 2.56. The van der Waals surface area contributed by atoms with Crippen molar-refractivity contribution in [2.45, 2.75) is 33.2 Å². The molecule has 0 saturated heterocycles. The molecule has 4 heteroatoms. The first-order chi connectivity index (χ1) is 7.78. The van der Waals surface area contributed by atoms with Crippen molar-refractivity contribution in [1.82, 2.24) is 5.32 Å². The van der Waals surface area contributed by atoms with Crippen LogP contribution in [0.1, 0.15) is 26.3 Å². The Morgan fingerprint density at radius 1 is 1.35 bits per heavy atom. The van der Waals surface area contributed by atoms with Gasteiger partial charge >= 0.3 is 0 Å². The molecule has 0 bridgehead atoms. The summed E-state index contributed by atoms with van der Waals surface area (Å²) in [5.74, 6) is -0.0431. The summed E-state index contributed by atoms with van der Waals surface area (Å²) in [6.07, 6.45) is 0. The second-order valence-electron chi connectivity index (χ2n) is 5.24. The number of benzene rings is 1. The molecule has 0 fully saturated rings. The summed E-state index contributed by atoms with van der Waals surface area (Å²) in [5.41, 5.74) is 8.16. The summed E-state index contributed by atoms with van der Waals surface area (Å²) in [7, 11) is 0. The van der Waals surface area contributed by atoms with Crippen molar-refractivity contribution in [2.24, 2.45) is 0 Å². The van der Waals surface area contributed by atoms with E-state index in [9.17, 15) is 4.79 Å². The number of hydrogen-bond donors (Lipinski definition) is 3. The predicted molar refractivity (Wildman–Crippen MR) is 72.0 cm³/mol. The molecule has 0 atom stereocenters. The molecule has 1 amide bonds. The SMILES string of the molecule is Cc1ccc(N)c(NCC(=O)NC(C)(C)C)c1. The van der Waals surface area contributed by atoms with Crippen LogP contribution in [0.15, 0.2) is 18.2 Å². The molecule has 0 saturated carbocycles. The summed E-state index contributed by atoms with van der Waals surface area (Å²) in [4.78, 5) is 11.6. The van der Waals surface area contributed by atoms with E-state index in [4.69, 9.17) is 5.73 Å². The number of anilines is 2. The third kappa shape index (κ3) is 4.76. The number of aryl methyl sites for hydroxylation is 1. The highest BCUT2D eigenvalue weighted by Crippen LogP contribution is 2.19. The lowest BCUT2D eigenvalue weighted by atomic mass is 10.1. The van der Waals surface area contributed by atoms with Gasteiger partial charge in [-0.2, -0.15) is 0 Å². The molecule has 0 aromatic heterocycles. The van der Waals surface area contributed by atoms with E-state index < -0.39 is 0 Å². The number of rotatable bonds is 3. The Bertz CT molecular complexity index is 408. The second kappa shape index (κ2) is 5.08. The highest BCUT2D eigenvalue weighted by atomic mass is 16.2. The molecule has 1 aromatic carbocycles. The lowest BCUT2D eigenvalue weighted by molar-refractivity contribution is -0.120. The molecule has 0 heterocycles. The van der Waals surface area contributed by atoms with Crippen LogP contribution in [0.5, 0.6) is 0 Å². The van der Waals surface area contributed by atoms with Gasteiger partial charge < -0.3 is 16.4 Å². The smallest absolute Gasteiger partial charge is 0.239 e. The van der Waals surface area contributed by atoms with Gasteiger partial charge in [0.2, 0.25) is 5.91 Å². The molecule has 0 aliphatic heterocycles. The van der Waals surface area contributed by atoms with E-state index in [1.807, 2.05) is 45.9 Å². The minimum absolute atomic E-state index is 0.0431.